The van der Waals surface area contributed by atoms with E-state index < -0.39 is 34.9 Å². The first kappa shape index (κ1) is 27.8. The first-order valence-corrected chi connectivity index (χ1v) is 13.6. The average Bonchev–Trinajstić information content (AvgIpc) is 2.86. The number of hydrogen-bond donors (Lipinski definition) is 0. The van der Waals surface area contributed by atoms with Gasteiger partial charge in [0.15, 0.2) is 11.6 Å². The fraction of sp³-hybridized carbons (Fsp3) is 0.600. The highest BCUT2D eigenvalue weighted by molar-refractivity contribution is 5.39. The van der Waals surface area contributed by atoms with Gasteiger partial charge in [-0.3, -0.25) is 0 Å². The first-order chi connectivity index (χ1) is 17.7. The monoisotopic (exact) mass is 525 g/mol. The zero-order valence-corrected chi connectivity index (χ0v) is 21.3. The van der Waals surface area contributed by atoms with E-state index in [1.165, 1.54) is 51.4 Å². The molecule has 0 amide bonds. The van der Waals surface area contributed by atoms with E-state index in [0.29, 0.717) is 36.8 Å². The summed E-state index contributed by atoms with van der Waals surface area (Å²) in [6.45, 7) is 2.23. The highest BCUT2D eigenvalue weighted by Gasteiger charge is 2.35. The molecule has 2 aromatic rings. The lowest BCUT2D eigenvalue weighted by molar-refractivity contribution is -0.140. The molecule has 0 aliphatic heterocycles. The van der Waals surface area contributed by atoms with Crippen molar-refractivity contribution in [2.24, 2.45) is 17.8 Å². The molecule has 203 valence electrons. The van der Waals surface area contributed by atoms with Crippen LogP contribution in [0.1, 0.15) is 101 Å². The van der Waals surface area contributed by atoms with E-state index in [-0.39, 0.29) is 17.2 Å². The van der Waals surface area contributed by atoms with Gasteiger partial charge in [0.1, 0.15) is 17.4 Å². The largest absolute Gasteiger partial charge is 0.454 e. The molecular weight excluding hydrogens is 490 g/mol. The Hall–Kier alpha value is -2.18. The molecule has 1 nitrogen and oxygen atoms in total. The Morgan fingerprint density at radius 1 is 0.865 bits per heavy atom. The first-order valence-electron chi connectivity index (χ1n) is 13.6. The van der Waals surface area contributed by atoms with Crippen molar-refractivity contribution in [2.45, 2.75) is 96.1 Å². The summed E-state index contributed by atoms with van der Waals surface area (Å²) in [6, 6.07) is 5.34. The second-order valence-electron chi connectivity index (χ2n) is 10.8. The Morgan fingerprint density at radius 2 is 1.51 bits per heavy atom. The summed E-state index contributed by atoms with van der Waals surface area (Å²) in [5, 5.41) is 0. The standard InChI is InChI=1S/C30H35F6O/c1-2-3-4-5-19-6-8-20(9-7-19)21-10-12-22(13-11-21)28-25(31)16-17-27(29(28)33)37-23-14-15-24(26(32)18-23)30(34,35)36/h14-16,18-22H,2-13H2,1H3/t19-,20-,21?,22?. The van der Waals surface area contributed by atoms with Gasteiger partial charge in [-0.1, -0.05) is 45.4 Å². The summed E-state index contributed by atoms with van der Waals surface area (Å²) in [7, 11) is 0. The Kier molecular flexibility index (Phi) is 9.12. The van der Waals surface area contributed by atoms with Crippen molar-refractivity contribution in [1.29, 1.82) is 0 Å². The normalized spacial score (nSPS) is 24.7. The van der Waals surface area contributed by atoms with E-state index in [1.54, 1.807) is 0 Å². The van der Waals surface area contributed by atoms with Crippen LogP contribution in [0, 0.1) is 41.3 Å². The van der Waals surface area contributed by atoms with Crippen LogP contribution in [0.4, 0.5) is 26.3 Å². The Morgan fingerprint density at radius 3 is 2.11 bits per heavy atom. The Labute approximate surface area is 215 Å². The fourth-order valence-electron chi connectivity index (χ4n) is 6.36. The Balaban J connectivity index is 1.37. The molecule has 0 saturated heterocycles. The lowest BCUT2D eigenvalue weighted by Crippen LogP contribution is -2.26. The zero-order valence-electron chi connectivity index (χ0n) is 21.3. The van der Waals surface area contributed by atoms with Crippen molar-refractivity contribution in [3.8, 4) is 11.5 Å². The van der Waals surface area contributed by atoms with Crippen LogP contribution < -0.4 is 4.74 Å². The lowest BCUT2D eigenvalue weighted by Gasteiger charge is -2.38. The number of rotatable bonds is 8. The molecule has 2 aliphatic rings. The van der Waals surface area contributed by atoms with Gasteiger partial charge in [0.2, 0.25) is 0 Å². The molecule has 4 rings (SSSR count). The van der Waals surface area contributed by atoms with Gasteiger partial charge in [0.25, 0.3) is 0 Å². The number of ether oxygens (including phenoxy) is 1. The van der Waals surface area contributed by atoms with Crippen molar-refractivity contribution in [3.63, 3.8) is 0 Å². The van der Waals surface area contributed by atoms with Gasteiger partial charge in [-0.2, -0.15) is 13.2 Å². The smallest absolute Gasteiger partial charge is 0.419 e. The van der Waals surface area contributed by atoms with Gasteiger partial charge in [0.05, 0.1) is 5.56 Å². The van der Waals surface area contributed by atoms with Crippen LogP contribution in [0.5, 0.6) is 11.5 Å². The number of hydrogen-bond acceptors (Lipinski definition) is 1. The van der Waals surface area contributed by atoms with E-state index in [2.05, 4.69) is 13.0 Å². The van der Waals surface area contributed by atoms with Crippen molar-refractivity contribution in [3.05, 3.63) is 58.9 Å². The van der Waals surface area contributed by atoms with Crippen LogP contribution in [-0.4, -0.2) is 0 Å². The predicted octanol–water partition coefficient (Wildman–Crippen LogP) is 10.4. The van der Waals surface area contributed by atoms with Crippen molar-refractivity contribution >= 4 is 0 Å². The van der Waals surface area contributed by atoms with E-state index in [1.807, 2.05) is 0 Å². The third-order valence-corrected chi connectivity index (χ3v) is 8.44. The molecule has 2 saturated carbocycles. The quantitative estimate of drug-likeness (QED) is 0.246. The van der Waals surface area contributed by atoms with Crippen molar-refractivity contribution in [1.82, 2.24) is 0 Å². The van der Waals surface area contributed by atoms with Gasteiger partial charge in [-0.15, -0.1) is 0 Å². The topological polar surface area (TPSA) is 9.23 Å². The fourth-order valence-corrected chi connectivity index (χ4v) is 6.36. The van der Waals surface area contributed by atoms with Crippen LogP contribution in [0.15, 0.2) is 24.3 Å². The molecule has 2 aromatic carbocycles. The molecule has 0 heterocycles. The molecule has 1 radical (unpaired) electrons. The van der Waals surface area contributed by atoms with E-state index in [0.717, 1.165) is 30.9 Å². The molecule has 0 spiro atoms. The number of unbranched alkanes of at least 4 members (excludes halogenated alkanes) is 2. The summed E-state index contributed by atoms with van der Waals surface area (Å²) in [4.78, 5) is 0. The van der Waals surface area contributed by atoms with E-state index in [4.69, 9.17) is 4.74 Å². The second-order valence-corrected chi connectivity index (χ2v) is 10.8. The van der Waals surface area contributed by atoms with Crippen LogP contribution in [0.3, 0.4) is 0 Å². The van der Waals surface area contributed by atoms with Crippen LogP contribution in [-0.2, 0) is 6.18 Å². The van der Waals surface area contributed by atoms with E-state index in [9.17, 15) is 22.0 Å². The minimum absolute atomic E-state index is 0.0702. The van der Waals surface area contributed by atoms with Crippen molar-refractivity contribution in [2.75, 3.05) is 0 Å². The van der Waals surface area contributed by atoms with Gasteiger partial charge in [-0.05, 0) is 80.4 Å². The van der Waals surface area contributed by atoms with Crippen LogP contribution in [0.2, 0.25) is 0 Å². The number of halogens is 6. The van der Waals surface area contributed by atoms with Crippen LogP contribution >= 0.6 is 0 Å². The SMILES string of the molecule is CCCCC[C@H]1CC[C@H](C2CCC(c3c(F)c[c]c(Oc4ccc(C(F)(F)F)c(F)c4)c3F)CC2)CC1. The summed E-state index contributed by atoms with van der Waals surface area (Å²) >= 11 is 0. The van der Waals surface area contributed by atoms with Gasteiger partial charge in [-0.25, -0.2) is 13.2 Å². The summed E-state index contributed by atoms with van der Waals surface area (Å²) in [5.74, 6) is -2.10. The molecule has 0 atom stereocenters. The van der Waals surface area contributed by atoms with E-state index >= 15 is 4.39 Å². The van der Waals surface area contributed by atoms with Gasteiger partial charge in [0, 0.05) is 17.7 Å². The Bertz CT molecular complexity index is 1030. The molecule has 0 aromatic heterocycles. The minimum Gasteiger partial charge on any atom is -0.454 e. The number of alkyl halides is 3. The maximum atomic E-state index is 15.3. The highest BCUT2D eigenvalue weighted by Crippen LogP contribution is 2.46. The van der Waals surface area contributed by atoms with Crippen LogP contribution in [0.25, 0.3) is 0 Å². The summed E-state index contributed by atoms with van der Waals surface area (Å²) in [5.41, 5.74) is -1.51. The predicted molar refractivity (Wildman–Crippen MR) is 131 cm³/mol. The highest BCUT2D eigenvalue weighted by atomic mass is 19.4. The second kappa shape index (κ2) is 12.1. The summed E-state index contributed by atoms with van der Waals surface area (Å²) in [6.07, 6.45) is 8.63. The minimum atomic E-state index is -4.85. The molecule has 0 unspecified atom stereocenters. The van der Waals surface area contributed by atoms with Crippen molar-refractivity contribution < 1.29 is 31.1 Å². The van der Waals surface area contributed by atoms with Gasteiger partial charge < -0.3 is 4.74 Å². The van der Waals surface area contributed by atoms with Gasteiger partial charge >= 0.3 is 6.18 Å². The third-order valence-electron chi connectivity index (χ3n) is 8.44. The molecule has 2 fully saturated rings. The third kappa shape index (κ3) is 6.83. The molecule has 0 bridgehead atoms. The molecule has 7 heteroatoms. The maximum Gasteiger partial charge on any atom is 0.419 e. The molecule has 37 heavy (non-hydrogen) atoms. The lowest BCUT2D eigenvalue weighted by atomic mass is 9.68. The maximum absolute atomic E-state index is 15.3. The number of benzene rings is 2. The zero-order chi connectivity index (χ0) is 26.6. The summed E-state index contributed by atoms with van der Waals surface area (Å²) < 4.78 is 87.7. The average molecular weight is 526 g/mol. The molecule has 2 aliphatic carbocycles. The molecule has 0 N–H and O–H groups in total. The molecular formula is C30H35F6O.